The van der Waals surface area contributed by atoms with E-state index in [0.29, 0.717) is 12.3 Å². The van der Waals surface area contributed by atoms with E-state index in [1.807, 2.05) is 0 Å². The van der Waals surface area contributed by atoms with Crippen LogP contribution in [0.4, 0.5) is 9.59 Å². The Morgan fingerprint density at radius 2 is 2.33 bits per heavy atom. The Kier molecular flexibility index (Phi) is 2.37. The van der Waals surface area contributed by atoms with Gasteiger partial charge in [-0.15, -0.1) is 0 Å². The molecule has 1 saturated heterocycles. The molecule has 0 saturated carbocycles. The summed E-state index contributed by atoms with van der Waals surface area (Å²) in [5.74, 6) is 5.51. The highest BCUT2D eigenvalue weighted by Gasteiger charge is 2.36. The summed E-state index contributed by atoms with van der Waals surface area (Å²) in [7, 11) is 0. The molecule has 0 aromatic carbocycles. The van der Waals surface area contributed by atoms with Crippen molar-refractivity contribution in [3.8, 4) is 0 Å². The Morgan fingerprint density at radius 1 is 1.60 bits per heavy atom. The number of hydrogen-bond acceptors (Lipinski definition) is 4. The largest absolute Gasteiger partial charge is 0.496 e. The number of carbonyl (C=O) groups excluding carboxylic acids is 2. The number of imide groups is 1. The summed E-state index contributed by atoms with van der Waals surface area (Å²) in [5.41, 5.74) is 1.30. The zero-order chi connectivity index (χ0) is 11.0. The lowest BCUT2D eigenvalue weighted by Gasteiger charge is -2.10. The third-order valence-electron chi connectivity index (χ3n) is 2.22. The molecule has 0 bridgehead atoms. The summed E-state index contributed by atoms with van der Waals surface area (Å²) in [4.78, 5) is 23.2. The lowest BCUT2D eigenvalue weighted by Crippen LogP contribution is -2.37. The minimum atomic E-state index is -0.839. The quantitative estimate of drug-likeness (QED) is 0.288. The van der Waals surface area contributed by atoms with E-state index in [-0.39, 0.29) is 6.54 Å². The summed E-state index contributed by atoms with van der Waals surface area (Å²) >= 11 is 5.23. The van der Waals surface area contributed by atoms with Crippen molar-refractivity contribution >= 4 is 23.0 Å². The SMILES string of the molecule is NN1C(=O)N(C(=O)Cl)CC1=C1C=COC1. The first-order valence-corrected chi connectivity index (χ1v) is 4.55. The van der Waals surface area contributed by atoms with Gasteiger partial charge < -0.3 is 4.74 Å². The van der Waals surface area contributed by atoms with Gasteiger partial charge >= 0.3 is 11.4 Å². The highest BCUT2D eigenvalue weighted by molar-refractivity contribution is 6.64. The maximum Gasteiger partial charge on any atom is 0.346 e. The molecule has 7 heteroatoms. The number of rotatable bonds is 0. The van der Waals surface area contributed by atoms with Crippen LogP contribution in [-0.4, -0.2) is 34.5 Å². The van der Waals surface area contributed by atoms with Crippen LogP contribution >= 0.6 is 11.6 Å². The molecule has 15 heavy (non-hydrogen) atoms. The van der Waals surface area contributed by atoms with E-state index in [0.717, 1.165) is 15.5 Å². The number of carbonyl (C=O) groups is 2. The number of amides is 3. The molecule has 2 rings (SSSR count). The van der Waals surface area contributed by atoms with Crippen molar-refractivity contribution in [1.82, 2.24) is 9.91 Å². The van der Waals surface area contributed by atoms with Crippen molar-refractivity contribution in [2.24, 2.45) is 5.84 Å². The Balaban J connectivity index is 2.31. The van der Waals surface area contributed by atoms with Crippen LogP contribution in [0, 0.1) is 0 Å². The summed E-state index contributed by atoms with van der Waals surface area (Å²) in [6, 6.07) is -0.627. The molecular weight excluding hydrogens is 222 g/mol. The van der Waals surface area contributed by atoms with Gasteiger partial charge in [-0.1, -0.05) is 0 Å². The second-order valence-corrected chi connectivity index (χ2v) is 3.40. The van der Waals surface area contributed by atoms with Crippen LogP contribution in [-0.2, 0) is 4.74 Å². The Labute approximate surface area is 90.5 Å². The number of urea groups is 1. The number of hydrogen-bond donors (Lipinski definition) is 1. The molecule has 0 radical (unpaired) electrons. The van der Waals surface area contributed by atoms with Gasteiger partial charge in [-0.3, -0.25) is 4.79 Å². The van der Waals surface area contributed by atoms with E-state index in [9.17, 15) is 9.59 Å². The van der Waals surface area contributed by atoms with E-state index < -0.39 is 11.4 Å². The standard InChI is InChI=1S/C8H8ClN3O3/c9-7(13)11-3-6(12(10)8(11)14)5-1-2-15-4-5/h1-2H,3-4,10H2. The molecule has 2 N–H and O–H groups in total. The van der Waals surface area contributed by atoms with Gasteiger partial charge in [-0.05, 0) is 17.7 Å². The highest BCUT2D eigenvalue weighted by Crippen LogP contribution is 2.23. The van der Waals surface area contributed by atoms with E-state index in [2.05, 4.69) is 0 Å². The lowest BCUT2D eigenvalue weighted by atomic mass is 10.2. The second kappa shape index (κ2) is 3.56. The molecule has 2 heterocycles. The molecule has 0 aromatic heterocycles. The van der Waals surface area contributed by atoms with Crippen LogP contribution in [0.1, 0.15) is 0 Å². The molecule has 0 aliphatic carbocycles. The van der Waals surface area contributed by atoms with Gasteiger partial charge in [0, 0.05) is 5.57 Å². The summed E-state index contributed by atoms with van der Waals surface area (Å²) < 4.78 is 4.98. The van der Waals surface area contributed by atoms with Crippen molar-refractivity contribution in [3.05, 3.63) is 23.6 Å². The van der Waals surface area contributed by atoms with E-state index in [1.54, 1.807) is 6.08 Å². The van der Waals surface area contributed by atoms with Gasteiger partial charge in [0.1, 0.15) is 6.61 Å². The summed E-state index contributed by atoms with van der Waals surface area (Å²) in [5, 5.41) is 0.0724. The Morgan fingerprint density at radius 3 is 2.80 bits per heavy atom. The van der Waals surface area contributed by atoms with Crippen LogP contribution in [0.25, 0.3) is 0 Å². The minimum Gasteiger partial charge on any atom is -0.496 e. The monoisotopic (exact) mass is 229 g/mol. The minimum absolute atomic E-state index is 0.0840. The molecule has 2 aliphatic rings. The van der Waals surface area contributed by atoms with Gasteiger partial charge in [-0.2, -0.15) is 0 Å². The fraction of sp³-hybridized carbons (Fsp3) is 0.250. The fourth-order valence-corrected chi connectivity index (χ4v) is 1.56. The van der Waals surface area contributed by atoms with Gasteiger partial charge in [-0.25, -0.2) is 20.5 Å². The average molecular weight is 230 g/mol. The normalized spacial score (nSPS) is 25.1. The van der Waals surface area contributed by atoms with Crippen LogP contribution < -0.4 is 5.84 Å². The third-order valence-corrected chi connectivity index (χ3v) is 2.43. The molecule has 3 amide bonds. The zero-order valence-electron chi connectivity index (χ0n) is 7.64. The average Bonchev–Trinajstić information content (AvgIpc) is 2.77. The van der Waals surface area contributed by atoms with E-state index in [1.165, 1.54) is 6.26 Å². The molecule has 0 unspecified atom stereocenters. The molecule has 80 valence electrons. The highest BCUT2D eigenvalue weighted by atomic mass is 35.5. The van der Waals surface area contributed by atoms with Crippen LogP contribution in [0.2, 0.25) is 0 Å². The van der Waals surface area contributed by atoms with Gasteiger partial charge in [0.05, 0.1) is 18.5 Å². The van der Waals surface area contributed by atoms with Crippen molar-refractivity contribution in [2.45, 2.75) is 0 Å². The van der Waals surface area contributed by atoms with Gasteiger partial charge in [0.25, 0.3) is 0 Å². The smallest absolute Gasteiger partial charge is 0.346 e. The molecule has 0 atom stereocenters. The van der Waals surface area contributed by atoms with E-state index in [4.69, 9.17) is 22.2 Å². The maximum atomic E-state index is 11.4. The van der Waals surface area contributed by atoms with Crippen molar-refractivity contribution in [2.75, 3.05) is 13.2 Å². The van der Waals surface area contributed by atoms with Crippen molar-refractivity contribution in [3.63, 3.8) is 0 Å². The fourth-order valence-electron chi connectivity index (χ4n) is 1.43. The topological polar surface area (TPSA) is 75.9 Å². The predicted molar refractivity (Wildman–Crippen MR) is 51.5 cm³/mol. The molecule has 2 aliphatic heterocycles. The first-order valence-electron chi connectivity index (χ1n) is 4.17. The predicted octanol–water partition coefficient (Wildman–Crippen LogP) is 0.755. The van der Waals surface area contributed by atoms with Crippen molar-refractivity contribution < 1.29 is 14.3 Å². The maximum absolute atomic E-state index is 11.4. The molecule has 0 aromatic rings. The number of nitrogens with two attached hydrogens (primary N) is 1. The second-order valence-electron chi connectivity index (χ2n) is 3.08. The van der Waals surface area contributed by atoms with Crippen LogP contribution in [0.15, 0.2) is 23.6 Å². The molecular formula is C8H8ClN3O3. The lowest BCUT2D eigenvalue weighted by molar-refractivity contribution is 0.196. The van der Waals surface area contributed by atoms with Crippen LogP contribution in [0.5, 0.6) is 0 Å². The van der Waals surface area contributed by atoms with E-state index >= 15 is 0 Å². The number of nitrogens with zero attached hydrogens (tertiary/aromatic N) is 2. The summed E-state index contributed by atoms with van der Waals surface area (Å²) in [6.45, 7) is 0.432. The van der Waals surface area contributed by atoms with Crippen LogP contribution in [0.3, 0.4) is 0 Å². The number of ether oxygens (including phenoxy) is 1. The number of halogens is 1. The van der Waals surface area contributed by atoms with Gasteiger partial charge in [0.2, 0.25) is 0 Å². The molecule has 0 spiro atoms. The number of hydrazine groups is 1. The first-order chi connectivity index (χ1) is 7.11. The summed E-state index contributed by atoms with van der Waals surface area (Å²) in [6.07, 6.45) is 3.20. The first kappa shape index (κ1) is 10.0. The Hall–Kier alpha value is -1.53. The third kappa shape index (κ3) is 1.57. The molecule has 1 fully saturated rings. The van der Waals surface area contributed by atoms with Gasteiger partial charge in [0.15, 0.2) is 0 Å². The molecule has 6 nitrogen and oxygen atoms in total. The van der Waals surface area contributed by atoms with Crippen molar-refractivity contribution in [1.29, 1.82) is 0 Å². The Bertz CT molecular complexity index is 391. The zero-order valence-corrected chi connectivity index (χ0v) is 8.40.